The van der Waals surface area contributed by atoms with Gasteiger partial charge in [0.05, 0.1) is 34.2 Å². The van der Waals surface area contributed by atoms with E-state index >= 15 is 0 Å². The van der Waals surface area contributed by atoms with Crippen molar-refractivity contribution < 1.29 is 19.2 Å². The zero-order chi connectivity index (χ0) is 23.5. The van der Waals surface area contributed by atoms with Gasteiger partial charge < -0.3 is 15.5 Å². The van der Waals surface area contributed by atoms with Crippen molar-refractivity contribution in [1.82, 2.24) is 9.97 Å². The predicted octanol–water partition coefficient (Wildman–Crippen LogP) is 2.90. The smallest absolute Gasteiger partial charge is 0.354 e. The number of hydrogen-bond donors (Lipinski definition) is 4. The van der Waals surface area contributed by atoms with Gasteiger partial charge in [0.1, 0.15) is 0 Å². The zero-order valence-electron chi connectivity index (χ0n) is 18.7. The fraction of sp³-hybridized carbons (Fsp3) is 0.571. The number of rotatable bonds is 4. The molecule has 2 aromatic rings. The van der Waals surface area contributed by atoms with Crippen molar-refractivity contribution in [2.24, 2.45) is 9.50 Å². The van der Waals surface area contributed by atoms with Crippen LogP contribution in [0.5, 0.6) is 0 Å². The van der Waals surface area contributed by atoms with Gasteiger partial charge in [-0.1, -0.05) is 13.8 Å². The monoisotopic (exact) mass is 479 g/mol. The Bertz CT molecular complexity index is 1220. The number of anilines is 1. The number of pyridine rings is 1. The molecule has 0 unspecified atom stereocenters. The van der Waals surface area contributed by atoms with Crippen LogP contribution in [0.3, 0.4) is 0 Å². The highest BCUT2D eigenvalue weighted by atomic mass is 32.2. The largest absolute Gasteiger partial charge is 0.390 e. The van der Waals surface area contributed by atoms with E-state index in [0.29, 0.717) is 4.88 Å². The number of urea groups is 1. The minimum Gasteiger partial charge on any atom is -0.390 e. The summed E-state index contributed by atoms with van der Waals surface area (Å²) >= 11 is 0.881. The maximum Gasteiger partial charge on any atom is 0.354 e. The fourth-order valence-corrected chi connectivity index (χ4v) is 6.72. The molecule has 0 bridgehead atoms. The molecule has 0 saturated heterocycles. The lowest BCUT2D eigenvalue weighted by atomic mass is 9.90. The lowest BCUT2D eigenvalue weighted by Gasteiger charge is -2.20. The summed E-state index contributed by atoms with van der Waals surface area (Å²) in [7, 11) is -3.67. The van der Waals surface area contributed by atoms with Gasteiger partial charge in [-0.3, -0.25) is 4.98 Å². The van der Waals surface area contributed by atoms with E-state index in [1.165, 1.54) is 13.8 Å². The maximum atomic E-state index is 13.1. The maximum absolute atomic E-state index is 13.1. The average Bonchev–Trinajstić information content (AvgIpc) is 3.38. The Morgan fingerprint density at radius 3 is 2.62 bits per heavy atom. The molecule has 32 heavy (non-hydrogen) atoms. The van der Waals surface area contributed by atoms with Crippen LogP contribution in [0, 0.1) is 0 Å². The second kappa shape index (κ2) is 7.84. The lowest BCUT2D eigenvalue weighted by Crippen LogP contribution is -2.20. The van der Waals surface area contributed by atoms with Crippen LogP contribution in [0.25, 0.3) is 0 Å². The van der Waals surface area contributed by atoms with Crippen molar-refractivity contribution in [1.29, 1.82) is 0 Å². The number of thiazole rings is 1. The van der Waals surface area contributed by atoms with Crippen molar-refractivity contribution >= 4 is 33.0 Å². The molecule has 1 atom stereocenters. The summed E-state index contributed by atoms with van der Waals surface area (Å²) in [6.45, 7) is 6.90. The van der Waals surface area contributed by atoms with Crippen molar-refractivity contribution in [3.8, 4) is 0 Å². The van der Waals surface area contributed by atoms with Crippen molar-refractivity contribution in [2.75, 3.05) is 5.32 Å². The Balaban J connectivity index is 1.71. The summed E-state index contributed by atoms with van der Waals surface area (Å²) in [6, 6.07) is -0.810. The van der Waals surface area contributed by atoms with Crippen LogP contribution >= 0.6 is 11.3 Å². The third-order valence-electron chi connectivity index (χ3n) is 6.05. The molecule has 2 aromatic heterocycles. The zero-order valence-corrected chi connectivity index (χ0v) is 20.3. The molecular weight excluding hydrogens is 450 g/mol. The topological polar surface area (TPSA) is 151 Å². The van der Waals surface area contributed by atoms with E-state index in [1.807, 2.05) is 0 Å². The molecule has 0 aromatic carbocycles. The second-order valence-corrected chi connectivity index (χ2v) is 12.5. The van der Waals surface area contributed by atoms with Gasteiger partial charge in [0, 0.05) is 11.1 Å². The first-order valence-electron chi connectivity index (χ1n) is 10.6. The Kier molecular flexibility index (Phi) is 5.70. The molecule has 2 amide bonds. The highest BCUT2D eigenvalue weighted by molar-refractivity contribution is 7.93. The summed E-state index contributed by atoms with van der Waals surface area (Å²) in [4.78, 5) is 22.2. The molecule has 0 spiro atoms. The summed E-state index contributed by atoms with van der Waals surface area (Å²) in [5.74, 6) is 0. The number of carbonyl (C=O) groups excluding carboxylic acids is 1. The molecule has 0 aliphatic heterocycles. The third-order valence-corrected chi connectivity index (χ3v) is 9.25. The van der Waals surface area contributed by atoms with Crippen LogP contribution in [0.4, 0.5) is 10.5 Å². The van der Waals surface area contributed by atoms with E-state index in [4.69, 9.17) is 10.1 Å². The summed E-state index contributed by atoms with van der Waals surface area (Å²) in [5, 5.41) is 28.6. The molecule has 0 saturated carbocycles. The van der Waals surface area contributed by atoms with Gasteiger partial charge in [-0.25, -0.2) is 19.1 Å². The second-order valence-electron chi connectivity index (χ2n) is 9.54. The highest BCUT2D eigenvalue weighted by Gasteiger charge is 2.36. The Morgan fingerprint density at radius 1 is 1.28 bits per heavy atom. The average molecular weight is 480 g/mol. The van der Waals surface area contributed by atoms with Gasteiger partial charge in [-0.15, -0.1) is 15.7 Å². The molecule has 2 aliphatic carbocycles. The highest BCUT2D eigenvalue weighted by Crippen LogP contribution is 2.44. The number of amides is 2. The number of aryl methyl sites for hydroxylation is 1. The number of nitrogens with one attached hydrogen (secondary N) is 1. The van der Waals surface area contributed by atoms with E-state index in [-0.39, 0.29) is 15.4 Å². The first kappa shape index (κ1) is 23.2. The van der Waals surface area contributed by atoms with E-state index in [2.05, 4.69) is 28.5 Å². The van der Waals surface area contributed by atoms with Crippen molar-refractivity contribution in [3.63, 3.8) is 0 Å². The summed E-state index contributed by atoms with van der Waals surface area (Å²) in [5.41, 5.74) is 3.56. The summed E-state index contributed by atoms with van der Waals surface area (Å²) in [6.07, 6.45) is 4.41. The predicted molar refractivity (Wildman–Crippen MR) is 123 cm³/mol. The van der Waals surface area contributed by atoms with E-state index in [0.717, 1.165) is 71.6 Å². The van der Waals surface area contributed by atoms with Gasteiger partial charge in [-0.2, -0.15) is 0 Å². The SMILES string of the molecule is CC(C)(O)c1sc([S@](N)(=O)=NC(=O)Nc2c3c(nc4c2CCC4(C)C)CCC3)nc1CO. The number of hydrogen-bond acceptors (Lipinski definition) is 7. The Labute approximate surface area is 191 Å². The van der Waals surface area contributed by atoms with E-state index in [1.54, 1.807) is 0 Å². The van der Waals surface area contributed by atoms with Crippen LogP contribution in [-0.2, 0) is 46.8 Å². The number of nitrogens with zero attached hydrogens (tertiary/aromatic N) is 3. The normalized spacial score (nSPS) is 18.7. The van der Waals surface area contributed by atoms with Crippen molar-refractivity contribution in [3.05, 3.63) is 33.1 Å². The molecule has 174 valence electrons. The molecule has 2 aliphatic rings. The minimum atomic E-state index is -3.67. The third kappa shape index (κ3) is 4.08. The number of fused-ring (bicyclic) bond motifs is 2. The van der Waals surface area contributed by atoms with Crippen LogP contribution in [0.1, 0.15) is 73.6 Å². The van der Waals surface area contributed by atoms with Gasteiger partial charge in [0.2, 0.25) is 4.34 Å². The Morgan fingerprint density at radius 2 is 2.00 bits per heavy atom. The molecule has 9 nitrogen and oxygen atoms in total. The van der Waals surface area contributed by atoms with Gasteiger partial charge in [0.15, 0.2) is 9.92 Å². The standard InChI is InChI=1S/C21H29N5O4S2/c1-20(2)9-8-12-15(11-6-5-7-13(11)23-16(12)20)25-18(28)26-32(22,30)19-24-14(10-27)17(31-19)21(3,4)29/h27,29H,5-10H2,1-4H3,(H3,22,23,25,26,28,30)/t32-/m1/s1. The molecule has 4 rings (SSSR count). The van der Waals surface area contributed by atoms with Gasteiger partial charge >= 0.3 is 6.03 Å². The lowest BCUT2D eigenvalue weighted by molar-refractivity contribution is 0.0796. The minimum absolute atomic E-state index is 0.0694. The van der Waals surface area contributed by atoms with Crippen LogP contribution < -0.4 is 10.5 Å². The quantitative estimate of drug-likeness (QED) is 0.529. The molecule has 0 radical (unpaired) electrons. The Hall–Kier alpha value is -1.92. The number of aliphatic hydroxyl groups is 2. The fourth-order valence-electron chi connectivity index (χ4n) is 4.47. The number of carbonyl (C=O) groups is 1. The van der Waals surface area contributed by atoms with Crippen LogP contribution in [0.2, 0.25) is 0 Å². The molecule has 11 heteroatoms. The number of aliphatic hydroxyl groups excluding tert-OH is 1. The van der Waals surface area contributed by atoms with E-state index in [9.17, 15) is 19.2 Å². The first-order chi connectivity index (χ1) is 14.8. The van der Waals surface area contributed by atoms with Crippen LogP contribution in [-0.4, -0.2) is 30.4 Å². The first-order valence-corrected chi connectivity index (χ1v) is 13.0. The van der Waals surface area contributed by atoms with Gasteiger partial charge in [-0.05, 0) is 57.1 Å². The number of aromatic nitrogens is 2. The van der Waals surface area contributed by atoms with Crippen LogP contribution in [0.15, 0.2) is 8.70 Å². The summed E-state index contributed by atoms with van der Waals surface area (Å²) < 4.78 is 16.7. The van der Waals surface area contributed by atoms with Crippen molar-refractivity contribution in [2.45, 2.75) is 81.8 Å². The molecule has 2 heterocycles. The van der Waals surface area contributed by atoms with Gasteiger partial charge in [0.25, 0.3) is 0 Å². The molecular formula is C21H29N5O4S2. The molecule has 0 fully saturated rings. The van der Waals surface area contributed by atoms with E-state index < -0.39 is 28.2 Å². The molecule has 5 N–H and O–H groups in total. The number of nitrogens with two attached hydrogens (primary N) is 1.